The summed E-state index contributed by atoms with van der Waals surface area (Å²) in [4.78, 5) is 42.8. The maximum Gasteiger partial charge on any atom is 0.408 e. The van der Waals surface area contributed by atoms with Gasteiger partial charge in [0.25, 0.3) is 5.91 Å². The lowest BCUT2D eigenvalue weighted by atomic mass is 10.00. The molecule has 0 bridgehead atoms. The van der Waals surface area contributed by atoms with Crippen LogP contribution in [0.1, 0.15) is 89.0 Å². The van der Waals surface area contributed by atoms with Gasteiger partial charge in [-0.3, -0.25) is 9.59 Å². The Morgan fingerprint density at radius 3 is 2.22 bits per heavy atom. The molecular formula is C33H49N3O4S. The molecule has 3 amide bonds. The Hall–Kier alpha value is -3.00. The van der Waals surface area contributed by atoms with E-state index in [1.54, 1.807) is 37.4 Å². The molecule has 2 atom stereocenters. The van der Waals surface area contributed by atoms with Crippen molar-refractivity contribution >= 4 is 35.4 Å². The van der Waals surface area contributed by atoms with Crippen LogP contribution in [0.15, 0.2) is 48.5 Å². The monoisotopic (exact) mass is 583 g/mol. The van der Waals surface area contributed by atoms with Gasteiger partial charge in [0, 0.05) is 12.2 Å². The molecule has 8 heteroatoms. The Morgan fingerprint density at radius 1 is 0.951 bits per heavy atom. The van der Waals surface area contributed by atoms with Crippen molar-refractivity contribution in [2.75, 3.05) is 23.9 Å². The normalized spacial score (nSPS) is 12.8. The molecule has 0 spiro atoms. The van der Waals surface area contributed by atoms with Crippen LogP contribution in [-0.4, -0.2) is 53.0 Å². The second-order valence-corrected chi connectivity index (χ2v) is 12.5. The zero-order valence-corrected chi connectivity index (χ0v) is 26.7. The van der Waals surface area contributed by atoms with E-state index in [0.29, 0.717) is 24.4 Å². The summed E-state index contributed by atoms with van der Waals surface area (Å²) in [6.45, 7) is 11.9. The Kier molecular flexibility index (Phi) is 14.2. The van der Waals surface area contributed by atoms with Gasteiger partial charge in [-0.05, 0) is 76.7 Å². The van der Waals surface area contributed by atoms with Crippen molar-refractivity contribution in [2.45, 2.75) is 97.8 Å². The van der Waals surface area contributed by atoms with Crippen LogP contribution in [0, 0.1) is 13.8 Å². The molecule has 7 nitrogen and oxygen atoms in total. The number of hydrogen-bond donors (Lipinski definition) is 2. The number of nitrogens with one attached hydrogen (secondary N) is 2. The quantitative estimate of drug-likeness (QED) is 0.213. The van der Waals surface area contributed by atoms with E-state index in [0.717, 1.165) is 48.8 Å². The van der Waals surface area contributed by atoms with E-state index in [1.807, 2.05) is 68.6 Å². The standard InChI is InChI=1S/C33H49N3O4S/c1-8-9-10-11-14-22-36(31(38)28(21-23-41-7)35-32(39)40-33(4,5)6)29(26-19-17-24(2)18-20-26)30(37)34-27-16-13-12-15-25(27)3/h12-13,15-20,28-29H,8-11,14,21-23H2,1-7H3,(H,34,37)(H,35,39). The summed E-state index contributed by atoms with van der Waals surface area (Å²) in [5.41, 5.74) is 2.73. The maximum absolute atomic E-state index is 14.3. The average Bonchev–Trinajstić information content (AvgIpc) is 2.91. The zero-order valence-electron chi connectivity index (χ0n) is 25.9. The van der Waals surface area contributed by atoms with Crippen LogP contribution in [0.2, 0.25) is 0 Å². The predicted octanol–water partition coefficient (Wildman–Crippen LogP) is 7.43. The van der Waals surface area contributed by atoms with Crippen LogP contribution in [0.25, 0.3) is 0 Å². The number of nitrogens with zero attached hydrogens (tertiary/aromatic N) is 1. The number of aryl methyl sites for hydroxylation is 2. The van der Waals surface area contributed by atoms with Gasteiger partial charge in [0.2, 0.25) is 5.91 Å². The van der Waals surface area contributed by atoms with E-state index in [2.05, 4.69) is 17.6 Å². The molecule has 0 aliphatic heterocycles. The minimum absolute atomic E-state index is 0.286. The second-order valence-electron chi connectivity index (χ2n) is 11.5. The highest BCUT2D eigenvalue weighted by Crippen LogP contribution is 2.27. The third kappa shape index (κ3) is 11.8. The maximum atomic E-state index is 14.3. The number of anilines is 1. The fraction of sp³-hybridized carbons (Fsp3) is 0.545. The molecule has 0 saturated carbocycles. The highest BCUT2D eigenvalue weighted by atomic mass is 32.2. The number of rotatable bonds is 15. The van der Waals surface area contributed by atoms with Gasteiger partial charge in [0.15, 0.2) is 0 Å². The number of carbonyl (C=O) groups is 3. The number of thioether (sulfide) groups is 1. The lowest BCUT2D eigenvalue weighted by molar-refractivity contribution is -0.141. The van der Waals surface area contributed by atoms with Crippen molar-refractivity contribution < 1.29 is 19.1 Å². The molecule has 0 aliphatic rings. The molecule has 226 valence electrons. The number of ether oxygens (including phenoxy) is 1. The van der Waals surface area contributed by atoms with Crippen LogP contribution < -0.4 is 10.6 Å². The van der Waals surface area contributed by atoms with E-state index in [1.165, 1.54) is 0 Å². The first-order valence-electron chi connectivity index (χ1n) is 14.7. The van der Waals surface area contributed by atoms with Crippen molar-refractivity contribution in [3.05, 3.63) is 65.2 Å². The van der Waals surface area contributed by atoms with E-state index >= 15 is 0 Å². The molecule has 2 unspecified atom stereocenters. The molecule has 0 saturated heterocycles. The van der Waals surface area contributed by atoms with E-state index < -0.39 is 23.8 Å². The summed E-state index contributed by atoms with van der Waals surface area (Å²) in [5.74, 6) is 0.0955. The van der Waals surface area contributed by atoms with Gasteiger partial charge >= 0.3 is 6.09 Å². The first-order valence-corrected chi connectivity index (χ1v) is 16.1. The summed E-state index contributed by atoms with van der Waals surface area (Å²) >= 11 is 1.60. The van der Waals surface area contributed by atoms with Crippen molar-refractivity contribution in [3.8, 4) is 0 Å². The van der Waals surface area contributed by atoms with Crippen molar-refractivity contribution in [1.29, 1.82) is 0 Å². The topological polar surface area (TPSA) is 87.7 Å². The number of benzene rings is 2. The second kappa shape index (κ2) is 17.1. The smallest absolute Gasteiger partial charge is 0.408 e. The van der Waals surface area contributed by atoms with Crippen LogP contribution in [0.3, 0.4) is 0 Å². The third-order valence-corrected chi connectivity index (χ3v) is 7.39. The lowest BCUT2D eigenvalue weighted by Gasteiger charge is -2.35. The largest absolute Gasteiger partial charge is 0.444 e. The minimum Gasteiger partial charge on any atom is -0.444 e. The predicted molar refractivity (Wildman–Crippen MR) is 170 cm³/mol. The van der Waals surface area contributed by atoms with Gasteiger partial charge in [-0.1, -0.05) is 80.6 Å². The van der Waals surface area contributed by atoms with Gasteiger partial charge in [0.05, 0.1) is 0 Å². The third-order valence-electron chi connectivity index (χ3n) is 6.74. The first-order chi connectivity index (χ1) is 19.5. The van der Waals surface area contributed by atoms with E-state index in [4.69, 9.17) is 4.74 Å². The van der Waals surface area contributed by atoms with Crippen LogP contribution >= 0.6 is 11.8 Å². The van der Waals surface area contributed by atoms with Crippen LogP contribution in [-0.2, 0) is 14.3 Å². The van der Waals surface area contributed by atoms with Crippen molar-refractivity contribution in [1.82, 2.24) is 10.2 Å². The van der Waals surface area contributed by atoms with Crippen molar-refractivity contribution in [3.63, 3.8) is 0 Å². The number of amides is 3. The average molecular weight is 584 g/mol. The Bertz CT molecular complexity index is 1110. The molecule has 2 N–H and O–H groups in total. The molecular weight excluding hydrogens is 534 g/mol. The fourth-order valence-electron chi connectivity index (χ4n) is 4.53. The number of alkyl carbamates (subject to hydrolysis) is 1. The van der Waals surface area contributed by atoms with Gasteiger partial charge < -0.3 is 20.3 Å². The zero-order chi connectivity index (χ0) is 30.4. The molecule has 2 aromatic rings. The summed E-state index contributed by atoms with van der Waals surface area (Å²) in [6, 6.07) is 13.6. The van der Waals surface area contributed by atoms with Gasteiger partial charge in [0.1, 0.15) is 17.7 Å². The van der Waals surface area contributed by atoms with Gasteiger partial charge in [-0.25, -0.2) is 4.79 Å². The first kappa shape index (κ1) is 34.2. The summed E-state index contributed by atoms with van der Waals surface area (Å²) in [5, 5.41) is 5.89. The fourth-order valence-corrected chi connectivity index (χ4v) is 5.00. The van der Waals surface area contributed by atoms with Crippen LogP contribution in [0.5, 0.6) is 0 Å². The highest BCUT2D eigenvalue weighted by molar-refractivity contribution is 7.98. The molecule has 0 aromatic heterocycles. The van der Waals surface area contributed by atoms with Gasteiger partial charge in [-0.15, -0.1) is 0 Å². The SMILES string of the molecule is CCCCCCCN(C(=O)C(CCSC)NC(=O)OC(C)(C)C)C(C(=O)Nc1ccccc1C)c1ccc(C)cc1. The van der Waals surface area contributed by atoms with E-state index in [9.17, 15) is 14.4 Å². The molecule has 0 aliphatic carbocycles. The number of carbonyl (C=O) groups excluding carboxylic acids is 3. The van der Waals surface area contributed by atoms with Crippen molar-refractivity contribution in [2.24, 2.45) is 0 Å². The Morgan fingerprint density at radius 2 is 1.61 bits per heavy atom. The molecule has 0 heterocycles. The molecule has 2 rings (SSSR count). The molecule has 0 fully saturated rings. The van der Waals surface area contributed by atoms with Crippen LogP contribution in [0.4, 0.5) is 10.5 Å². The lowest BCUT2D eigenvalue weighted by Crippen LogP contribution is -2.52. The molecule has 41 heavy (non-hydrogen) atoms. The van der Waals surface area contributed by atoms with Gasteiger partial charge in [-0.2, -0.15) is 11.8 Å². The highest BCUT2D eigenvalue weighted by Gasteiger charge is 2.36. The minimum atomic E-state index is -0.869. The van der Waals surface area contributed by atoms with E-state index in [-0.39, 0.29) is 11.8 Å². The molecule has 2 aromatic carbocycles. The summed E-state index contributed by atoms with van der Waals surface area (Å²) in [6.07, 6.45) is 6.76. The summed E-state index contributed by atoms with van der Waals surface area (Å²) < 4.78 is 5.49. The Balaban J connectivity index is 2.51. The summed E-state index contributed by atoms with van der Waals surface area (Å²) in [7, 11) is 0. The molecule has 0 radical (unpaired) electrons. The number of para-hydroxylation sites is 1. The Labute approximate surface area is 251 Å². The number of unbranched alkanes of at least 4 members (excludes halogenated alkanes) is 4. The number of hydrogen-bond acceptors (Lipinski definition) is 5.